The maximum absolute atomic E-state index is 10.9. The standard InChI is InChI=1S/C17H27NO3/c1-4-12-5-6-17(10-12,11-18)16(19)13-7-14(20-2)9-15(8-13)21-3/h7-9,12,16,19H,4-6,10-11,18H2,1-3H3. The minimum absolute atomic E-state index is 0.224. The SMILES string of the molecule is CCC1CCC(CN)(C(O)c2cc(OC)cc(OC)c2)C1. The average Bonchev–Trinajstić information content (AvgIpc) is 2.98. The van der Waals surface area contributed by atoms with Gasteiger partial charge in [-0.1, -0.05) is 13.3 Å². The largest absolute Gasteiger partial charge is 0.497 e. The van der Waals surface area contributed by atoms with Gasteiger partial charge >= 0.3 is 0 Å². The van der Waals surface area contributed by atoms with Crippen molar-refractivity contribution in [3.63, 3.8) is 0 Å². The zero-order valence-corrected chi connectivity index (χ0v) is 13.3. The number of rotatable bonds is 6. The molecule has 0 aromatic heterocycles. The number of ether oxygens (including phenoxy) is 2. The molecule has 4 heteroatoms. The highest BCUT2D eigenvalue weighted by molar-refractivity contribution is 5.40. The van der Waals surface area contributed by atoms with E-state index in [2.05, 4.69) is 6.92 Å². The molecule has 1 aliphatic rings. The second kappa shape index (κ2) is 6.67. The molecule has 0 spiro atoms. The molecule has 1 aromatic rings. The van der Waals surface area contributed by atoms with Gasteiger partial charge in [0.2, 0.25) is 0 Å². The summed E-state index contributed by atoms with van der Waals surface area (Å²) in [5.41, 5.74) is 6.65. The van der Waals surface area contributed by atoms with E-state index >= 15 is 0 Å². The first kappa shape index (κ1) is 16.1. The first-order chi connectivity index (χ1) is 10.1. The molecular formula is C17H27NO3. The number of nitrogens with two attached hydrogens (primary N) is 1. The van der Waals surface area contributed by atoms with Crippen LogP contribution in [0.25, 0.3) is 0 Å². The Bertz CT molecular complexity index is 455. The minimum atomic E-state index is -0.581. The van der Waals surface area contributed by atoms with Crippen molar-refractivity contribution in [3.05, 3.63) is 23.8 Å². The van der Waals surface area contributed by atoms with E-state index in [-0.39, 0.29) is 5.41 Å². The van der Waals surface area contributed by atoms with E-state index in [0.717, 1.165) is 31.2 Å². The van der Waals surface area contributed by atoms with Crippen molar-refractivity contribution in [1.29, 1.82) is 0 Å². The lowest BCUT2D eigenvalue weighted by Gasteiger charge is -2.34. The fourth-order valence-electron chi connectivity index (χ4n) is 3.51. The number of aliphatic hydroxyl groups excluding tert-OH is 1. The van der Waals surface area contributed by atoms with Gasteiger partial charge < -0.3 is 20.3 Å². The Morgan fingerprint density at radius 1 is 1.29 bits per heavy atom. The minimum Gasteiger partial charge on any atom is -0.497 e. The Hall–Kier alpha value is -1.26. The summed E-state index contributed by atoms with van der Waals surface area (Å²) in [4.78, 5) is 0. The van der Waals surface area contributed by atoms with Crippen LogP contribution in [-0.2, 0) is 0 Å². The van der Waals surface area contributed by atoms with Crippen LogP contribution >= 0.6 is 0 Å². The Morgan fingerprint density at radius 3 is 2.33 bits per heavy atom. The van der Waals surface area contributed by atoms with E-state index < -0.39 is 6.10 Å². The van der Waals surface area contributed by atoms with E-state index in [0.29, 0.717) is 24.0 Å². The monoisotopic (exact) mass is 293 g/mol. The van der Waals surface area contributed by atoms with Crippen LogP contribution in [0.3, 0.4) is 0 Å². The van der Waals surface area contributed by atoms with Gasteiger partial charge in [0.1, 0.15) is 11.5 Å². The summed E-state index contributed by atoms with van der Waals surface area (Å²) < 4.78 is 10.6. The van der Waals surface area contributed by atoms with Crippen LogP contribution in [0, 0.1) is 11.3 Å². The van der Waals surface area contributed by atoms with Crippen molar-refractivity contribution in [2.45, 2.75) is 38.7 Å². The fraction of sp³-hybridized carbons (Fsp3) is 0.647. The molecule has 118 valence electrons. The van der Waals surface area contributed by atoms with Gasteiger partial charge in [-0.2, -0.15) is 0 Å². The van der Waals surface area contributed by atoms with E-state index in [1.807, 2.05) is 18.2 Å². The summed E-state index contributed by atoms with van der Waals surface area (Å²) >= 11 is 0. The topological polar surface area (TPSA) is 64.7 Å². The molecule has 4 nitrogen and oxygen atoms in total. The lowest BCUT2D eigenvalue weighted by Crippen LogP contribution is -2.34. The molecule has 0 amide bonds. The number of hydrogen-bond donors (Lipinski definition) is 2. The highest BCUT2D eigenvalue weighted by atomic mass is 16.5. The molecule has 1 fully saturated rings. The van der Waals surface area contributed by atoms with Crippen LogP contribution in [-0.4, -0.2) is 25.9 Å². The molecule has 0 saturated heterocycles. The van der Waals surface area contributed by atoms with Crippen molar-refractivity contribution >= 4 is 0 Å². The van der Waals surface area contributed by atoms with Crippen LogP contribution in [0.2, 0.25) is 0 Å². The highest BCUT2D eigenvalue weighted by Crippen LogP contribution is 2.50. The lowest BCUT2D eigenvalue weighted by molar-refractivity contribution is 0.0298. The Morgan fingerprint density at radius 2 is 1.90 bits per heavy atom. The van der Waals surface area contributed by atoms with Crippen molar-refractivity contribution in [2.24, 2.45) is 17.1 Å². The van der Waals surface area contributed by atoms with Crippen molar-refractivity contribution in [2.75, 3.05) is 20.8 Å². The van der Waals surface area contributed by atoms with Crippen LogP contribution in [0.15, 0.2) is 18.2 Å². The second-order valence-electron chi connectivity index (χ2n) is 6.13. The molecule has 0 aliphatic heterocycles. The average molecular weight is 293 g/mol. The van der Waals surface area contributed by atoms with Gasteiger partial charge in [-0.3, -0.25) is 0 Å². The predicted molar refractivity (Wildman–Crippen MR) is 83.6 cm³/mol. The Labute approximate surface area is 127 Å². The van der Waals surface area contributed by atoms with E-state index in [4.69, 9.17) is 15.2 Å². The van der Waals surface area contributed by atoms with Crippen LogP contribution < -0.4 is 15.2 Å². The zero-order chi connectivity index (χ0) is 15.5. The predicted octanol–water partition coefficient (Wildman–Crippen LogP) is 2.89. The molecule has 0 radical (unpaired) electrons. The van der Waals surface area contributed by atoms with Gasteiger partial charge in [-0.25, -0.2) is 0 Å². The third-order valence-electron chi connectivity index (χ3n) is 5.00. The molecule has 0 bridgehead atoms. The third-order valence-corrected chi connectivity index (χ3v) is 5.00. The molecule has 1 aromatic carbocycles. The molecular weight excluding hydrogens is 266 g/mol. The van der Waals surface area contributed by atoms with Gasteiger partial charge in [0.05, 0.1) is 20.3 Å². The fourth-order valence-corrected chi connectivity index (χ4v) is 3.51. The quantitative estimate of drug-likeness (QED) is 0.846. The first-order valence-electron chi connectivity index (χ1n) is 7.69. The molecule has 2 rings (SSSR count). The maximum Gasteiger partial charge on any atom is 0.122 e. The molecule has 3 unspecified atom stereocenters. The Kier molecular flexibility index (Phi) is 5.12. The molecule has 1 saturated carbocycles. The zero-order valence-electron chi connectivity index (χ0n) is 13.3. The van der Waals surface area contributed by atoms with Crippen LogP contribution in [0.4, 0.5) is 0 Å². The van der Waals surface area contributed by atoms with Crippen molar-refractivity contribution in [3.8, 4) is 11.5 Å². The first-order valence-corrected chi connectivity index (χ1v) is 7.69. The van der Waals surface area contributed by atoms with Crippen LogP contribution in [0.5, 0.6) is 11.5 Å². The molecule has 21 heavy (non-hydrogen) atoms. The molecule has 1 aliphatic carbocycles. The van der Waals surface area contributed by atoms with E-state index in [1.54, 1.807) is 14.2 Å². The smallest absolute Gasteiger partial charge is 0.122 e. The number of aliphatic hydroxyl groups is 1. The number of hydrogen-bond acceptors (Lipinski definition) is 4. The third kappa shape index (κ3) is 3.16. The summed E-state index contributed by atoms with van der Waals surface area (Å²) in [5, 5.41) is 10.9. The summed E-state index contributed by atoms with van der Waals surface area (Å²) in [5.74, 6) is 2.05. The summed E-state index contributed by atoms with van der Waals surface area (Å²) in [6, 6.07) is 5.57. The molecule has 3 N–H and O–H groups in total. The second-order valence-corrected chi connectivity index (χ2v) is 6.13. The summed E-state index contributed by atoms with van der Waals surface area (Å²) in [6.45, 7) is 2.71. The van der Waals surface area contributed by atoms with E-state index in [1.165, 1.54) is 0 Å². The normalized spacial score (nSPS) is 26.6. The maximum atomic E-state index is 10.9. The Balaban J connectivity index is 2.31. The number of benzene rings is 1. The van der Waals surface area contributed by atoms with Crippen LogP contribution in [0.1, 0.15) is 44.3 Å². The van der Waals surface area contributed by atoms with Gasteiger partial charge in [0.15, 0.2) is 0 Å². The highest BCUT2D eigenvalue weighted by Gasteiger charge is 2.43. The van der Waals surface area contributed by atoms with Gasteiger partial charge in [-0.15, -0.1) is 0 Å². The number of methoxy groups -OCH3 is 2. The lowest BCUT2D eigenvalue weighted by atomic mass is 9.76. The van der Waals surface area contributed by atoms with Gasteiger partial charge in [0, 0.05) is 18.0 Å². The van der Waals surface area contributed by atoms with Crippen molar-refractivity contribution < 1.29 is 14.6 Å². The summed E-state index contributed by atoms with van der Waals surface area (Å²) in [7, 11) is 3.23. The summed E-state index contributed by atoms with van der Waals surface area (Å²) in [6.07, 6.45) is 3.67. The molecule has 3 atom stereocenters. The van der Waals surface area contributed by atoms with E-state index in [9.17, 15) is 5.11 Å². The molecule has 0 heterocycles. The van der Waals surface area contributed by atoms with Gasteiger partial charge in [0.25, 0.3) is 0 Å². The van der Waals surface area contributed by atoms with Crippen molar-refractivity contribution in [1.82, 2.24) is 0 Å². The van der Waals surface area contributed by atoms with Gasteiger partial charge in [-0.05, 0) is 42.9 Å².